The maximum atomic E-state index is 11.3. The van der Waals surface area contributed by atoms with E-state index >= 15 is 0 Å². The first-order valence-electron chi connectivity index (χ1n) is 4.01. The van der Waals surface area contributed by atoms with E-state index in [0.717, 1.165) is 25.9 Å². The average Bonchev–Trinajstić information content (AvgIpc) is 2.34. The highest BCUT2D eigenvalue weighted by Gasteiger charge is 2.32. The molecule has 1 rings (SSSR count). The summed E-state index contributed by atoms with van der Waals surface area (Å²) >= 11 is 0. The summed E-state index contributed by atoms with van der Waals surface area (Å²) in [6.07, 6.45) is 2.09. The van der Waals surface area contributed by atoms with E-state index in [1.807, 2.05) is 0 Å². The second kappa shape index (κ2) is 2.81. The van der Waals surface area contributed by atoms with E-state index in [9.17, 15) is 9.90 Å². The minimum absolute atomic E-state index is 0.255. The molecule has 0 spiro atoms. The fraction of sp³-hybridized carbons (Fsp3) is 0.875. The van der Waals surface area contributed by atoms with Crippen molar-refractivity contribution in [3.63, 3.8) is 0 Å². The second-order valence-corrected chi connectivity index (χ2v) is 3.51. The third-order valence-corrected chi connectivity index (χ3v) is 1.91. The number of rotatable bonds is 1. The summed E-state index contributed by atoms with van der Waals surface area (Å²) in [4.78, 5) is 12.9. The molecule has 0 aliphatic carbocycles. The van der Waals surface area contributed by atoms with Crippen LogP contribution in [0.4, 0.5) is 0 Å². The number of amides is 1. The van der Waals surface area contributed by atoms with Crippen molar-refractivity contribution in [1.29, 1.82) is 0 Å². The Labute approximate surface area is 67.0 Å². The van der Waals surface area contributed by atoms with Crippen molar-refractivity contribution in [1.82, 2.24) is 4.90 Å². The van der Waals surface area contributed by atoms with Crippen molar-refractivity contribution >= 4 is 5.91 Å². The molecule has 0 bridgehead atoms. The van der Waals surface area contributed by atoms with Crippen LogP contribution in [0, 0.1) is 0 Å². The van der Waals surface area contributed by atoms with Gasteiger partial charge in [-0.1, -0.05) is 0 Å². The lowest BCUT2D eigenvalue weighted by atomic mass is 10.1. The molecule has 0 aromatic carbocycles. The van der Waals surface area contributed by atoms with E-state index in [0.29, 0.717) is 0 Å². The molecule has 1 fully saturated rings. The summed E-state index contributed by atoms with van der Waals surface area (Å²) in [5, 5.41) is 11.2. The highest BCUT2D eigenvalue weighted by molar-refractivity contribution is 5.84. The standard InChI is InChI=1S/C8H14NO2/c1-8(2,11)7(10)9-5-3-4-6-9/h3-6H2,1-2H3. The van der Waals surface area contributed by atoms with Gasteiger partial charge in [-0.25, -0.2) is 5.11 Å². The largest absolute Gasteiger partial charge is 0.340 e. The molecular weight excluding hydrogens is 142 g/mol. The lowest BCUT2D eigenvalue weighted by Crippen LogP contribution is -2.42. The van der Waals surface area contributed by atoms with Gasteiger partial charge in [-0.2, -0.15) is 0 Å². The number of hydrogen-bond donors (Lipinski definition) is 0. The monoisotopic (exact) mass is 156 g/mol. The summed E-state index contributed by atoms with van der Waals surface area (Å²) in [7, 11) is 0. The zero-order valence-corrected chi connectivity index (χ0v) is 7.09. The van der Waals surface area contributed by atoms with Crippen LogP contribution in [0.1, 0.15) is 26.7 Å². The molecule has 63 valence electrons. The molecule has 1 amide bonds. The first kappa shape index (κ1) is 8.53. The number of hydrogen-bond acceptors (Lipinski definition) is 1. The van der Waals surface area contributed by atoms with Crippen LogP contribution >= 0.6 is 0 Å². The van der Waals surface area contributed by atoms with Gasteiger partial charge in [0.05, 0.1) is 0 Å². The van der Waals surface area contributed by atoms with Crippen LogP contribution in [-0.4, -0.2) is 29.5 Å². The second-order valence-electron chi connectivity index (χ2n) is 3.51. The summed E-state index contributed by atoms with van der Waals surface area (Å²) in [6, 6.07) is 0. The Hall–Kier alpha value is -0.570. The van der Waals surface area contributed by atoms with E-state index in [4.69, 9.17) is 0 Å². The van der Waals surface area contributed by atoms with Crippen LogP contribution in [0.2, 0.25) is 0 Å². The topological polar surface area (TPSA) is 40.2 Å². The first-order valence-corrected chi connectivity index (χ1v) is 4.01. The Balaban J connectivity index is 2.53. The molecule has 1 radical (unpaired) electrons. The van der Waals surface area contributed by atoms with Crippen LogP contribution in [0.3, 0.4) is 0 Å². The van der Waals surface area contributed by atoms with E-state index in [1.54, 1.807) is 4.90 Å². The van der Waals surface area contributed by atoms with Gasteiger partial charge in [-0.15, -0.1) is 0 Å². The molecule has 1 saturated heterocycles. The molecule has 1 aliphatic rings. The van der Waals surface area contributed by atoms with Crippen LogP contribution in [0.5, 0.6) is 0 Å². The van der Waals surface area contributed by atoms with Crippen LogP contribution in [0.25, 0.3) is 0 Å². The van der Waals surface area contributed by atoms with Gasteiger partial charge in [0.1, 0.15) is 0 Å². The number of carbonyl (C=O) groups is 1. The maximum absolute atomic E-state index is 11.3. The van der Waals surface area contributed by atoms with Gasteiger partial charge in [0, 0.05) is 13.1 Å². The smallest absolute Gasteiger partial charge is 0.257 e. The molecule has 11 heavy (non-hydrogen) atoms. The van der Waals surface area contributed by atoms with Crippen molar-refractivity contribution < 1.29 is 9.90 Å². The van der Waals surface area contributed by atoms with Crippen LogP contribution < -0.4 is 0 Å². The quantitative estimate of drug-likeness (QED) is 0.554. The Kier molecular flexibility index (Phi) is 2.18. The maximum Gasteiger partial charge on any atom is 0.257 e. The molecule has 3 heteroatoms. The van der Waals surface area contributed by atoms with Gasteiger partial charge in [0.15, 0.2) is 5.60 Å². The van der Waals surface area contributed by atoms with Gasteiger partial charge in [0.2, 0.25) is 0 Å². The molecule has 0 aromatic rings. The summed E-state index contributed by atoms with van der Waals surface area (Å²) < 4.78 is 0. The summed E-state index contributed by atoms with van der Waals surface area (Å²) in [5.74, 6) is -0.255. The number of nitrogens with zero attached hydrogens (tertiary/aromatic N) is 1. The van der Waals surface area contributed by atoms with Crippen molar-refractivity contribution in [2.24, 2.45) is 0 Å². The lowest BCUT2D eigenvalue weighted by Gasteiger charge is -2.22. The van der Waals surface area contributed by atoms with Gasteiger partial charge in [0.25, 0.3) is 5.91 Å². The molecule has 0 aromatic heterocycles. The molecule has 0 atom stereocenters. The molecule has 0 N–H and O–H groups in total. The van der Waals surface area contributed by atoms with Gasteiger partial charge in [-0.3, -0.25) is 4.79 Å². The third kappa shape index (κ3) is 1.93. The normalized spacial score (nSPS) is 19.0. The zero-order chi connectivity index (χ0) is 8.48. The number of carbonyl (C=O) groups excluding carboxylic acids is 1. The van der Waals surface area contributed by atoms with Crippen molar-refractivity contribution in [2.75, 3.05) is 13.1 Å². The average molecular weight is 156 g/mol. The van der Waals surface area contributed by atoms with Crippen molar-refractivity contribution in [3.8, 4) is 0 Å². The van der Waals surface area contributed by atoms with Gasteiger partial charge in [-0.05, 0) is 26.7 Å². The molecule has 0 unspecified atom stereocenters. The molecule has 1 heterocycles. The van der Waals surface area contributed by atoms with E-state index in [1.165, 1.54) is 13.8 Å². The van der Waals surface area contributed by atoms with Gasteiger partial charge >= 0.3 is 0 Å². The third-order valence-electron chi connectivity index (χ3n) is 1.91. The Bertz CT molecular complexity index is 154. The highest BCUT2D eigenvalue weighted by atomic mass is 16.3. The van der Waals surface area contributed by atoms with Crippen LogP contribution in [-0.2, 0) is 9.90 Å². The van der Waals surface area contributed by atoms with E-state index in [2.05, 4.69) is 0 Å². The Morgan fingerprint density at radius 1 is 1.27 bits per heavy atom. The molecule has 0 saturated carbocycles. The molecule has 3 nitrogen and oxygen atoms in total. The van der Waals surface area contributed by atoms with Crippen LogP contribution in [0.15, 0.2) is 0 Å². The summed E-state index contributed by atoms with van der Waals surface area (Å²) in [6.45, 7) is 4.39. The number of likely N-dealkylation sites (tertiary alicyclic amines) is 1. The van der Waals surface area contributed by atoms with Crippen molar-refractivity contribution in [3.05, 3.63) is 0 Å². The van der Waals surface area contributed by atoms with E-state index < -0.39 is 5.60 Å². The highest BCUT2D eigenvalue weighted by Crippen LogP contribution is 2.14. The van der Waals surface area contributed by atoms with Crippen molar-refractivity contribution in [2.45, 2.75) is 32.3 Å². The fourth-order valence-electron chi connectivity index (χ4n) is 1.30. The van der Waals surface area contributed by atoms with E-state index in [-0.39, 0.29) is 5.91 Å². The Morgan fingerprint density at radius 2 is 1.73 bits per heavy atom. The SMILES string of the molecule is CC(C)([O])C(=O)N1CCCC1. The minimum Gasteiger partial charge on any atom is -0.340 e. The zero-order valence-electron chi connectivity index (χ0n) is 7.09. The predicted molar refractivity (Wildman–Crippen MR) is 40.6 cm³/mol. The lowest BCUT2D eigenvalue weighted by molar-refractivity contribution is -0.152. The molecular formula is C8H14NO2. The molecule has 1 aliphatic heterocycles. The summed E-state index contributed by atoms with van der Waals surface area (Å²) in [5.41, 5.74) is -1.44. The Morgan fingerprint density at radius 3 is 2.09 bits per heavy atom. The first-order chi connectivity index (χ1) is 5.02. The fourth-order valence-corrected chi connectivity index (χ4v) is 1.30. The predicted octanol–water partition coefficient (Wildman–Crippen LogP) is 0.818. The van der Waals surface area contributed by atoms with Gasteiger partial charge < -0.3 is 4.90 Å². The minimum atomic E-state index is -1.44.